The Kier molecular flexibility index (Phi) is 6.13. The van der Waals surface area contributed by atoms with Crippen LogP contribution in [-0.4, -0.2) is 0 Å². The van der Waals surface area contributed by atoms with E-state index in [1.165, 1.54) is 22.3 Å². The lowest BCUT2D eigenvalue weighted by atomic mass is 10.0. The molecule has 2 nitrogen and oxygen atoms in total. The van der Waals surface area contributed by atoms with Crippen molar-refractivity contribution in [2.24, 2.45) is 0 Å². The van der Waals surface area contributed by atoms with Crippen molar-refractivity contribution < 1.29 is 0 Å². The topological polar surface area (TPSA) is 15.3 Å². The zero-order valence-electron chi connectivity index (χ0n) is 19.6. The molecule has 0 fully saturated rings. The second kappa shape index (κ2) is 9.68. The molecule has 0 radical (unpaired) electrons. The maximum absolute atomic E-state index is 3.47. The highest BCUT2D eigenvalue weighted by atomic mass is 15.1. The predicted octanol–water partition coefficient (Wildman–Crippen LogP) is 9.18. The number of hydrogen-bond acceptors (Lipinski definition) is 2. The normalized spacial score (nSPS) is 10.6. The highest BCUT2D eigenvalue weighted by molar-refractivity contribution is 5.78. The van der Waals surface area contributed by atoms with Crippen LogP contribution in [0.5, 0.6) is 0 Å². The van der Waals surface area contributed by atoms with E-state index in [4.69, 9.17) is 0 Å². The van der Waals surface area contributed by atoms with Crippen molar-refractivity contribution in [1.82, 2.24) is 0 Å². The molecule has 0 aliphatic heterocycles. The lowest BCUT2D eigenvalue weighted by Crippen LogP contribution is -2.09. The average molecular weight is 441 g/mol. The minimum atomic E-state index is 1.08. The zero-order valence-corrected chi connectivity index (χ0v) is 19.6. The third-order valence-corrected chi connectivity index (χ3v) is 5.99. The molecule has 0 aliphatic carbocycles. The smallest absolute Gasteiger partial charge is 0.0462 e. The van der Waals surface area contributed by atoms with Crippen LogP contribution in [-0.2, 0) is 0 Å². The van der Waals surface area contributed by atoms with Gasteiger partial charge in [-0.25, -0.2) is 0 Å². The first kappa shape index (κ1) is 21.5. The summed E-state index contributed by atoms with van der Waals surface area (Å²) in [6.07, 6.45) is 0. The number of para-hydroxylation sites is 1. The van der Waals surface area contributed by atoms with E-state index in [0.29, 0.717) is 0 Å². The Morgan fingerprint density at radius 2 is 0.794 bits per heavy atom. The molecule has 0 bridgehead atoms. The van der Waals surface area contributed by atoms with Gasteiger partial charge in [0.25, 0.3) is 0 Å². The first-order valence-corrected chi connectivity index (χ1v) is 11.6. The first-order chi connectivity index (χ1) is 16.7. The molecule has 5 aromatic carbocycles. The minimum Gasteiger partial charge on any atom is -0.356 e. The number of nitrogens with one attached hydrogen (secondary N) is 1. The van der Waals surface area contributed by atoms with Gasteiger partial charge in [0.05, 0.1) is 0 Å². The van der Waals surface area contributed by atoms with Crippen LogP contribution in [0.3, 0.4) is 0 Å². The van der Waals surface area contributed by atoms with Crippen LogP contribution < -0.4 is 10.2 Å². The molecule has 0 amide bonds. The second-order valence-corrected chi connectivity index (χ2v) is 8.62. The summed E-state index contributed by atoms with van der Waals surface area (Å²) in [6.45, 7) is 4.22. The fourth-order valence-corrected chi connectivity index (χ4v) is 4.07. The molecule has 2 heteroatoms. The third kappa shape index (κ3) is 4.87. The van der Waals surface area contributed by atoms with E-state index in [0.717, 1.165) is 28.4 Å². The van der Waals surface area contributed by atoms with Crippen LogP contribution >= 0.6 is 0 Å². The molecule has 0 aliphatic rings. The highest BCUT2D eigenvalue weighted by Gasteiger charge is 2.12. The Labute approximate surface area is 202 Å². The molecule has 0 heterocycles. The van der Waals surface area contributed by atoms with Crippen LogP contribution in [0.4, 0.5) is 28.4 Å². The average Bonchev–Trinajstić information content (AvgIpc) is 2.88. The summed E-state index contributed by atoms with van der Waals surface area (Å²) in [6, 6.07) is 45.0. The van der Waals surface area contributed by atoms with Gasteiger partial charge in [0.2, 0.25) is 0 Å². The summed E-state index contributed by atoms with van der Waals surface area (Å²) < 4.78 is 0. The molecule has 0 aromatic heterocycles. The zero-order chi connectivity index (χ0) is 23.3. The maximum atomic E-state index is 3.47. The Balaban J connectivity index is 1.39. The van der Waals surface area contributed by atoms with E-state index >= 15 is 0 Å². The van der Waals surface area contributed by atoms with Crippen LogP contribution in [0.1, 0.15) is 11.1 Å². The second-order valence-electron chi connectivity index (χ2n) is 8.62. The SMILES string of the molecule is Cc1ccc(Nc2ccc(-c3ccc(N(c4ccccc4)c4ccc(C)cc4)cc3)cc2)cc1. The number of hydrogen-bond donors (Lipinski definition) is 1. The summed E-state index contributed by atoms with van der Waals surface area (Å²) in [5.41, 5.74) is 10.5. The van der Waals surface area contributed by atoms with Crippen molar-refractivity contribution in [2.75, 3.05) is 10.2 Å². The number of aryl methyl sites for hydroxylation is 2. The van der Waals surface area contributed by atoms with E-state index in [1.54, 1.807) is 0 Å². The summed E-state index contributed by atoms with van der Waals surface area (Å²) in [5, 5.41) is 3.47. The van der Waals surface area contributed by atoms with Gasteiger partial charge >= 0.3 is 0 Å². The van der Waals surface area contributed by atoms with Crippen molar-refractivity contribution in [3.63, 3.8) is 0 Å². The fourth-order valence-electron chi connectivity index (χ4n) is 4.07. The lowest BCUT2D eigenvalue weighted by Gasteiger charge is -2.25. The van der Waals surface area contributed by atoms with E-state index in [-0.39, 0.29) is 0 Å². The molecule has 0 saturated carbocycles. The van der Waals surface area contributed by atoms with E-state index in [9.17, 15) is 0 Å². The number of nitrogens with zero attached hydrogens (tertiary/aromatic N) is 1. The first-order valence-electron chi connectivity index (χ1n) is 11.6. The largest absolute Gasteiger partial charge is 0.356 e. The van der Waals surface area contributed by atoms with Gasteiger partial charge in [-0.3, -0.25) is 0 Å². The van der Waals surface area contributed by atoms with Crippen LogP contribution in [0, 0.1) is 13.8 Å². The summed E-state index contributed by atoms with van der Waals surface area (Å²) in [4.78, 5) is 2.29. The Bertz CT molecular complexity index is 1340. The molecule has 5 aromatic rings. The van der Waals surface area contributed by atoms with Gasteiger partial charge in [-0.05, 0) is 85.6 Å². The van der Waals surface area contributed by atoms with Gasteiger partial charge in [0.1, 0.15) is 0 Å². The van der Waals surface area contributed by atoms with Crippen molar-refractivity contribution >= 4 is 28.4 Å². The molecule has 166 valence electrons. The molecule has 0 atom stereocenters. The molecular weight excluding hydrogens is 412 g/mol. The van der Waals surface area contributed by atoms with Crippen LogP contribution in [0.25, 0.3) is 11.1 Å². The molecule has 0 spiro atoms. The molecule has 34 heavy (non-hydrogen) atoms. The Morgan fingerprint density at radius 1 is 0.412 bits per heavy atom. The van der Waals surface area contributed by atoms with Gasteiger partial charge in [0, 0.05) is 28.4 Å². The summed E-state index contributed by atoms with van der Waals surface area (Å²) >= 11 is 0. The van der Waals surface area contributed by atoms with Crippen LogP contribution in [0.2, 0.25) is 0 Å². The van der Waals surface area contributed by atoms with E-state index in [2.05, 4.69) is 151 Å². The molecule has 1 N–H and O–H groups in total. The monoisotopic (exact) mass is 440 g/mol. The van der Waals surface area contributed by atoms with Crippen LogP contribution in [0.15, 0.2) is 127 Å². The fraction of sp³-hybridized carbons (Fsp3) is 0.0625. The Morgan fingerprint density at radius 3 is 1.32 bits per heavy atom. The van der Waals surface area contributed by atoms with Crippen molar-refractivity contribution in [3.05, 3.63) is 139 Å². The minimum absolute atomic E-state index is 1.08. The van der Waals surface area contributed by atoms with E-state index in [1.807, 2.05) is 0 Å². The van der Waals surface area contributed by atoms with Gasteiger partial charge in [0.15, 0.2) is 0 Å². The Hall–Kier alpha value is -4.30. The molecule has 0 saturated heterocycles. The maximum Gasteiger partial charge on any atom is 0.0462 e. The summed E-state index contributed by atoms with van der Waals surface area (Å²) in [5.74, 6) is 0. The van der Waals surface area contributed by atoms with E-state index < -0.39 is 0 Å². The van der Waals surface area contributed by atoms with Crippen molar-refractivity contribution in [1.29, 1.82) is 0 Å². The standard InChI is InChI=1S/C32H28N2/c1-24-8-16-28(17-9-24)33-29-18-12-26(13-19-29)27-14-22-32(23-15-27)34(30-6-4-3-5-7-30)31-20-10-25(2)11-21-31/h3-23,33H,1-2H3. The molecular formula is C32H28N2. The summed E-state index contributed by atoms with van der Waals surface area (Å²) in [7, 11) is 0. The van der Waals surface area contributed by atoms with Crippen molar-refractivity contribution in [2.45, 2.75) is 13.8 Å². The van der Waals surface area contributed by atoms with Gasteiger partial charge in [-0.2, -0.15) is 0 Å². The van der Waals surface area contributed by atoms with Crippen molar-refractivity contribution in [3.8, 4) is 11.1 Å². The predicted molar refractivity (Wildman–Crippen MR) is 146 cm³/mol. The van der Waals surface area contributed by atoms with Gasteiger partial charge in [-0.15, -0.1) is 0 Å². The lowest BCUT2D eigenvalue weighted by molar-refractivity contribution is 1.27. The van der Waals surface area contributed by atoms with Gasteiger partial charge in [-0.1, -0.05) is 77.9 Å². The highest BCUT2D eigenvalue weighted by Crippen LogP contribution is 2.35. The quantitative estimate of drug-likeness (QED) is 0.283. The third-order valence-electron chi connectivity index (χ3n) is 5.99. The molecule has 5 rings (SSSR count). The molecule has 0 unspecified atom stereocenters. The number of rotatable bonds is 6. The number of benzene rings is 5. The number of anilines is 5. The van der Waals surface area contributed by atoms with Gasteiger partial charge < -0.3 is 10.2 Å².